The lowest BCUT2D eigenvalue weighted by molar-refractivity contribution is -0.138. The van der Waals surface area contributed by atoms with Gasteiger partial charge in [0, 0.05) is 19.0 Å². The number of carbonyl (C=O) groups is 5. The van der Waals surface area contributed by atoms with Crippen molar-refractivity contribution in [2.45, 2.75) is 63.2 Å². The topological polar surface area (TPSA) is 186 Å². The first-order valence-electron chi connectivity index (χ1n) is 13.7. The first-order valence-corrected chi connectivity index (χ1v) is 13.7. The molecule has 42 heavy (non-hydrogen) atoms. The fourth-order valence-electron chi connectivity index (χ4n) is 5.42. The van der Waals surface area contributed by atoms with Crippen LogP contribution < -0.4 is 20.9 Å². The van der Waals surface area contributed by atoms with Crippen LogP contribution in [-0.4, -0.2) is 68.2 Å². The number of rotatable bonds is 11. The Labute approximate surface area is 241 Å². The summed E-state index contributed by atoms with van der Waals surface area (Å²) in [5.41, 5.74) is 3.71. The predicted molar refractivity (Wildman–Crippen MR) is 149 cm³/mol. The van der Waals surface area contributed by atoms with Crippen LogP contribution in [0, 0.1) is 0 Å². The number of anilines is 1. The minimum atomic E-state index is -1.16. The zero-order chi connectivity index (χ0) is 29.6. The van der Waals surface area contributed by atoms with E-state index in [2.05, 4.69) is 31.4 Å². The molecule has 2 aliphatic rings. The molecule has 0 radical (unpaired) electrons. The number of benzene rings is 2. The van der Waals surface area contributed by atoms with E-state index in [1.165, 1.54) is 4.90 Å². The van der Waals surface area contributed by atoms with Gasteiger partial charge in [-0.25, -0.2) is 0 Å². The Kier molecular flexibility index (Phi) is 8.55. The summed E-state index contributed by atoms with van der Waals surface area (Å²) in [5, 5.41) is 27.5. The van der Waals surface area contributed by atoms with Gasteiger partial charge >= 0.3 is 5.97 Å². The maximum absolute atomic E-state index is 13.9. The molecule has 13 nitrogen and oxygen atoms in total. The number of nitrogens with zero attached hydrogens (tertiary/aromatic N) is 3. The summed E-state index contributed by atoms with van der Waals surface area (Å²) in [4.78, 5) is 66.1. The van der Waals surface area contributed by atoms with Gasteiger partial charge in [0.2, 0.25) is 23.6 Å². The average Bonchev–Trinajstić information content (AvgIpc) is 3.61. The summed E-state index contributed by atoms with van der Waals surface area (Å²) in [7, 11) is 0. The average molecular weight is 574 g/mol. The van der Waals surface area contributed by atoms with E-state index in [-0.39, 0.29) is 38.1 Å². The van der Waals surface area contributed by atoms with Crippen molar-refractivity contribution in [1.82, 2.24) is 31.4 Å². The highest BCUT2D eigenvalue weighted by Crippen LogP contribution is 2.39. The number of hydrogen-bond donors (Lipinski definition) is 5. The summed E-state index contributed by atoms with van der Waals surface area (Å²) < 4.78 is 0. The minimum Gasteiger partial charge on any atom is -0.481 e. The highest BCUT2D eigenvalue weighted by molar-refractivity contribution is 6.08. The van der Waals surface area contributed by atoms with Crippen LogP contribution in [-0.2, 0) is 49.8 Å². The molecule has 218 valence electrons. The molecule has 2 aliphatic heterocycles. The van der Waals surface area contributed by atoms with E-state index in [0.717, 1.165) is 16.7 Å². The lowest BCUT2D eigenvalue weighted by atomic mass is 10.0. The molecule has 3 aromatic rings. The van der Waals surface area contributed by atoms with E-state index in [0.29, 0.717) is 24.2 Å². The molecule has 0 spiro atoms. The van der Waals surface area contributed by atoms with E-state index in [1.807, 2.05) is 24.3 Å². The van der Waals surface area contributed by atoms with Crippen LogP contribution in [0.5, 0.6) is 0 Å². The molecule has 0 aliphatic carbocycles. The van der Waals surface area contributed by atoms with E-state index in [9.17, 15) is 29.1 Å². The number of nitrogens with one attached hydrogen (secondary N) is 4. The maximum Gasteiger partial charge on any atom is 0.303 e. The summed E-state index contributed by atoms with van der Waals surface area (Å²) in [6.45, 7) is 0.130. The van der Waals surface area contributed by atoms with Crippen molar-refractivity contribution in [3.05, 3.63) is 77.1 Å². The van der Waals surface area contributed by atoms with Crippen molar-refractivity contribution < 1.29 is 29.1 Å². The number of amides is 4. The van der Waals surface area contributed by atoms with E-state index >= 15 is 0 Å². The normalized spacial score (nSPS) is 18.0. The summed E-state index contributed by atoms with van der Waals surface area (Å²) in [5.74, 6) is -3.03. The van der Waals surface area contributed by atoms with Gasteiger partial charge in [-0.15, -0.1) is 5.10 Å². The van der Waals surface area contributed by atoms with Gasteiger partial charge in [-0.05, 0) is 36.0 Å². The van der Waals surface area contributed by atoms with Crippen molar-refractivity contribution >= 4 is 35.3 Å². The first kappa shape index (κ1) is 28.5. The van der Waals surface area contributed by atoms with Gasteiger partial charge in [-0.1, -0.05) is 53.7 Å². The number of carboxylic acid groups (broad SMARTS) is 1. The van der Waals surface area contributed by atoms with Gasteiger partial charge in [-0.3, -0.25) is 34.0 Å². The van der Waals surface area contributed by atoms with Crippen molar-refractivity contribution in [3.8, 4) is 0 Å². The van der Waals surface area contributed by atoms with Crippen LogP contribution in [0.25, 0.3) is 0 Å². The Bertz CT molecular complexity index is 1480. The summed E-state index contributed by atoms with van der Waals surface area (Å²) in [6.07, 6.45) is 2.14. The quantitative estimate of drug-likeness (QED) is 0.218. The van der Waals surface area contributed by atoms with Gasteiger partial charge in [-0.2, -0.15) is 0 Å². The minimum absolute atomic E-state index is 0.0110. The second-order valence-electron chi connectivity index (χ2n) is 10.4. The van der Waals surface area contributed by atoms with Crippen LogP contribution >= 0.6 is 0 Å². The standard InChI is InChI=1S/C29H31N7O6/c37-24(13-17-5-2-1-3-6-17)32-21(11-12-25(38)39)27(40)33-22-10-9-18-7-4-8-19-14-23(36(26(18)19)29(22)42)28(41)30-15-20-16-31-35-34-20/h1-8,16,21-23H,9-15H2,(H,30,41)(H,32,37)(H,33,40)(H,38,39)(H,31,34,35)/t21-,22-,23-/m0/s1. The van der Waals surface area contributed by atoms with E-state index in [1.54, 1.807) is 30.5 Å². The zero-order valence-corrected chi connectivity index (χ0v) is 22.7. The fraction of sp³-hybridized carbons (Fsp3) is 0.345. The van der Waals surface area contributed by atoms with Crippen LogP contribution in [0.3, 0.4) is 0 Å². The lowest BCUT2D eigenvalue weighted by Gasteiger charge is -2.28. The molecule has 3 heterocycles. The number of H-pyrrole nitrogens is 1. The maximum atomic E-state index is 13.9. The molecule has 1 aromatic heterocycles. The fourth-order valence-corrected chi connectivity index (χ4v) is 5.42. The highest BCUT2D eigenvalue weighted by atomic mass is 16.4. The third-order valence-corrected chi connectivity index (χ3v) is 7.44. The van der Waals surface area contributed by atoms with Gasteiger partial charge in [0.15, 0.2) is 0 Å². The molecule has 0 unspecified atom stereocenters. The molecule has 5 rings (SSSR count). The third kappa shape index (κ3) is 6.45. The van der Waals surface area contributed by atoms with Crippen molar-refractivity contribution in [2.24, 2.45) is 0 Å². The van der Waals surface area contributed by atoms with Gasteiger partial charge in [0.1, 0.15) is 23.8 Å². The Morgan fingerprint density at radius 1 is 1.07 bits per heavy atom. The molecule has 5 N–H and O–H groups in total. The first-order chi connectivity index (χ1) is 20.3. The molecular weight excluding hydrogens is 542 g/mol. The molecule has 0 bridgehead atoms. The molecule has 13 heteroatoms. The Morgan fingerprint density at radius 3 is 2.60 bits per heavy atom. The number of hydrogen-bond acceptors (Lipinski definition) is 7. The number of para-hydroxylation sites is 1. The molecule has 3 atom stereocenters. The molecule has 4 amide bonds. The monoisotopic (exact) mass is 573 g/mol. The van der Waals surface area contributed by atoms with Crippen LogP contribution in [0.15, 0.2) is 54.7 Å². The number of aryl methyl sites for hydroxylation is 1. The van der Waals surface area contributed by atoms with Gasteiger partial charge in [0.05, 0.1) is 18.7 Å². The van der Waals surface area contributed by atoms with Gasteiger partial charge in [0.25, 0.3) is 0 Å². The van der Waals surface area contributed by atoms with Crippen LogP contribution in [0.1, 0.15) is 41.6 Å². The Hall–Kier alpha value is -5.07. The Morgan fingerprint density at radius 2 is 1.86 bits per heavy atom. The number of carbonyl (C=O) groups excluding carboxylic acids is 4. The number of carboxylic acids is 1. The van der Waals surface area contributed by atoms with E-state index in [4.69, 9.17) is 0 Å². The number of aromatic amines is 1. The van der Waals surface area contributed by atoms with Crippen molar-refractivity contribution in [1.29, 1.82) is 0 Å². The molecule has 0 saturated carbocycles. The number of aromatic nitrogens is 3. The smallest absolute Gasteiger partial charge is 0.303 e. The highest BCUT2D eigenvalue weighted by Gasteiger charge is 2.44. The lowest BCUT2D eigenvalue weighted by Crippen LogP contribution is -2.57. The summed E-state index contributed by atoms with van der Waals surface area (Å²) in [6, 6.07) is 11.6. The van der Waals surface area contributed by atoms with Crippen molar-refractivity contribution in [2.75, 3.05) is 4.90 Å². The predicted octanol–water partition coefficient (Wildman–Crippen LogP) is 0.402. The van der Waals surface area contributed by atoms with Crippen molar-refractivity contribution in [3.63, 3.8) is 0 Å². The van der Waals surface area contributed by atoms with E-state index < -0.39 is 41.8 Å². The zero-order valence-electron chi connectivity index (χ0n) is 22.7. The second-order valence-corrected chi connectivity index (χ2v) is 10.4. The van der Waals surface area contributed by atoms with Crippen LogP contribution in [0.4, 0.5) is 5.69 Å². The summed E-state index contributed by atoms with van der Waals surface area (Å²) >= 11 is 0. The molecule has 0 saturated heterocycles. The third-order valence-electron chi connectivity index (χ3n) is 7.44. The largest absolute Gasteiger partial charge is 0.481 e. The molecule has 2 aromatic carbocycles. The SMILES string of the molecule is O=C(O)CC[C@H](NC(=O)Cc1ccccc1)C(=O)N[C@H]1CCc2cccc3c2N(C1=O)[C@H](C(=O)NCc1c[nH]nn1)C3. The Balaban J connectivity index is 1.31. The molecular formula is C29H31N7O6. The second kappa shape index (κ2) is 12.6. The number of aliphatic carboxylic acids is 1. The molecule has 0 fully saturated rings. The van der Waals surface area contributed by atoms with Crippen LogP contribution in [0.2, 0.25) is 0 Å². The van der Waals surface area contributed by atoms with Gasteiger partial charge < -0.3 is 21.1 Å².